The zero-order valence-corrected chi connectivity index (χ0v) is 13.0. The first-order valence-corrected chi connectivity index (χ1v) is 7.52. The number of nitrogens with two attached hydrogens (primary N) is 1. The summed E-state index contributed by atoms with van der Waals surface area (Å²) >= 11 is 0. The topological polar surface area (TPSA) is 87.3 Å². The number of esters is 1. The van der Waals surface area contributed by atoms with Gasteiger partial charge in [0, 0.05) is 23.6 Å². The second kappa shape index (κ2) is 6.24. The van der Waals surface area contributed by atoms with Gasteiger partial charge < -0.3 is 15.2 Å². The van der Waals surface area contributed by atoms with Crippen LogP contribution in [0.2, 0.25) is 0 Å². The van der Waals surface area contributed by atoms with Gasteiger partial charge in [0.15, 0.2) is 0 Å². The number of anilines is 1. The van der Waals surface area contributed by atoms with Gasteiger partial charge in [-0.1, -0.05) is 18.6 Å². The van der Waals surface area contributed by atoms with E-state index in [1.807, 2.05) is 24.3 Å². The van der Waals surface area contributed by atoms with Crippen LogP contribution in [0.15, 0.2) is 36.7 Å². The SMILES string of the molecule is COC(=O)C1(COc2ncc(-c3ccc(N)cc3)cn2)CCC1. The molecule has 6 heteroatoms. The lowest BCUT2D eigenvalue weighted by Crippen LogP contribution is -2.44. The van der Waals surface area contributed by atoms with E-state index in [1.165, 1.54) is 7.11 Å². The Morgan fingerprint density at radius 1 is 1.17 bits per heavy atom. The first-order chi connectivity index (χ1) is 11.1. The van der Waals surface area contributed by atoms with Crippen LogP contribution in [0.3, 0.4) is 0 Å². The Morgan fingerprint density at radius 3 is 2.35 bits per heavy atom. The summed E-state index contributed by atoms with van der Waals surface area (Å²) in [5.41, 5.74) is 7.71. The maximum Gasteiger partial charge on any atom is 0.316 e. The summed E-state index contributed by atoms with van der Waals surface area (Å²) in [6.07, 6.45) is 5.96. The summed E-state index contributed by atoms with van der Waals surface area (Å²) in [6, 6.07) is 7.75. The van der Waals surface area contributed by atoms with Gasteiger partial charge in [-0.25, -0.2) is 9.97 Å². The van der Waals surface area contributed by atoms with E-state index in [4.69, 9.17) is 15.2 Å². The van der Waals surface area contributed by atoms with Gasteiger partial charge >= 0.3 is 12.0 Å². The Morgan fingerprint density at radius 2 is 1.83 bits per heavy atom. The average molecular weight is 313 g/mol. The third kappa shape index (κ3) is 3.11. The molecule has 6 nitrogen and oxygen atoms in total. The van der Waals surface area contributed by atoms with Gasteiger partial charge in [0.2, 0.25) is 0 Å². The number of hydrogen-bond donors (Lipinski definition) is 1. The van der Waals surface area contributed by atoms with E-state index >= 15 is 0 Å². The Balaban J connectivity index is 1.66. The monoisotopic (exact) mass is 313 g/mol. The van der Waals surface area contributed by atoms with Crippen LogP contribution in [0.25, 0.3) is 11.1 Å². The Hall–Kier alpha value is -2.63. The van der Waals surface area contributed by atoms with Crippen molar-refractivity contribution in [3.05, 3.63) is 36.7 Å². The molecule has 0 unspecified atom stereocenters. The Kier molecular flexibility index (Phi) is 4.14. The molecule has 1 fully saturated rings. The zero-order valence-electron chi connectivity index (χ0n) is 13.0. The highest BCUT2D eigenvalue weighted by molar-refractivity contribution is 5.78. The summed E-state index contributed by atoms with van der Waals surface area (Å²) < 4.78 is 10.5. The quantitative estimate of drug-likeness (QED) is 0.674. The van der Waals surface area contributed by atoms with Crippen molar-refractivity contribution in [3.63, 3.8) is 0 Å². The number of rotatable bonds is 5. The summed E-state index contributed by atoms with van der Waals surface area (Å²) in [4.78, 5) is 20.3. The maximum atomic E-state index is 11.9. The summed E-state index contributed by atoms with van der Waals surface area (Å²) in [5.74, 6) is -0.220. The smallest absolute Gasteiger partial charge is 0.316 e. The van der Waals surface area contributed by atoms with Gasteiger partial charge in [0.05, 0.1) is 7.11 Å². The predicted octanol–water partition coefficient (Wildman–Crippen LogP) is 2.45. The molecule has 1 saturated carbocycles. The van der Waals surface area contributed by atoms with Crippen molar-refractivity contribution in [2.24, 2.45) is 5.41 Å². The molecule has 1 aromatic carbocycles. The Labute approximate surface area is 134 Å². The molecule has 2 aromatic rings. The lowest BCUT2D eigenvalue weighted by atomic mass is 9.69. The molecule has 2 N–H and O–H groups in total. The van der Waals surface area contributed by atoms with Crippen LogP contribution in [0.4, 0.5) is 5.69 Å². The maximum absolute atomic E-state index is 11.9. The molecule has 0 aliphatic heterocycles. The third-order valence-corrected chi connectivity index (χ3v) is 4.28. The number of hydrogen-bond acceptors (Lipinski definition) is 6. The molecule has 1 aliphatic carbocycles. The standard InChI is InChI=1S/C17H19N3O3/c1-22-15(21)17(7-2-8-17)11-23-16-19-9-13(10-20-16)12-3-5-14(18)6-4-12/h3-6,9-10H,2,7-8,11,18H2,1H3. The summed E-state index contributed by atoms with van der Waals surface area (Å²) in [5, 5.41) is 0. The molecule has 0 radical (unpaired) electrons. The lowest BCUT2D eigenvalue weighted by Gasteiger charge is -2.37. The Bertz CT molecular complexity index is 679. The molecule has 0 bridgehead atoms. The first kappa shape index (κ1) is 15.3. The molecule has 0 saturated heterocycles. The normalized spacial score (nSPS) is 15.5. The second-order valence-electron chi connectivity index (χ2n) is 5.79. The highest BCUT2D eigenvalue weighted by Crippen LogP contribution is 2.42. The minimum atomic E-state index is -0.534. The minimum absolute atomic E-state index is 0.220. The second-order valence-corrected chi connectivity index (χ2v) is 5.79. The number of carbonyl (C=O) groups excluding carboxylic acids is 1. The molecule has 1 aliphatic rings. The molecule has 1 heterocycles. The predicted molar refractivity (Wildman–Crippen MR) is 85.7 cm³/mol. The number of nitrogen functional groups attached to an aromatic ring is 1. The van der Waals surface area contributed by atoms with Gasteiger partial charge in [-0.3, -0.25) is 4.79 Å². The molecule has 23 heavy (non-hydrogen) atoms. The summed E-state index contributed by atoms with van der Waals surface area (Å²) in [6.45, 7) is 0.251. The van der Waals surface area contributed by atoms with Crippen LogP contribution in [-0.4, -0.2) is 29.7 Å². The van der Waals surface area contributed by atoms with Crippen molar-refractivity contribution in [3.8, 4) is 17.1 Å². The van der Waals surface area contributed by atoms with Crippen molar-refractivity contribution in [2.75, 3.05) is 19.5 Å². The van der Waals surface area contributed by atoms with Crippen molar-refractivity contribution in [2.45, 2.75) is 19.3 Å². The highest BCUT2D eigenvalue weighted by atomic mass is 16.5. The van der Waals surface area contributed by atoms with Crippen LogP contribution in [0, 0.1) is 5.41 Å². The van der Waals surface area contributed by atoms with Gasteiger partial charge in [-0.05, 0) is 30.5 Å². The van der Waals surface area contributed by atoms with Crippen molar-refractivity contribution >= 4 is 11.7 Å². The molecular formula is C17H19N3O3. The van der Waals surface area contributed by atoms with Gasteiger partial charge in [0.1, 0.15) is 12.0 Å². The van der Waals surface area contributed by atoms with Crippen molar-refractivity contribution in [1.82, 2.24) is 9.97 Å². The third-order valence-electron chi connectivity index (χ3n) is 4.28. The number of carbonyl (C=O) groups is 1. The fraction of sp³-hybridized carbons (Fsp3) is 0.353. The number of benzene rings is 1. The first-order valence-electron chi connectivity index (χ1n) is 7.52. The molecule has 120 valence electrons. The van der Waals surface area contributed by atoms with Crippen LogP contribution in [0.5, 0.6) is 6.01 Å². The highest BCUT2D eigenvalue weighted by Gasteiger charge is 2.46. The lowest BCUT2D eigenvalue weighted by molar-refractivity contribution is -0.161. The zero-order chi connectivity index (χ0) is 16.3. The van der Waals surface area contributed by atoms with Crippen LogP contribution < -0.4 is 10.5 Å². The van der Waals surface area contributed by atoms with Crippen LogP contribution >= 0.6 is 0 Å². The van der Waals surface area contributed by atoms with Crippen molar-refractivity contribution < 1.29 is 14.3 Å². The van der Waals surface area contributed by atoms with E-state index in [0.717, 1.165) is 30.4 Å². The van der Waals surface area contributed by atoms with Gasteiger partial charge in [-0.2, -0.15) is 0 Å². The largest absolute Gasteiger partial charge is 0.468 e. The number of methoxy groups -OCH3 is 1. The minimum Gasteiger partial charge on any atom is -0.468 e. The van der Waals surface area contributed by atoms with E-state index < -0.39 is 5.41 Å². The van der Waals surface area contributed by atoms with E-state index in [-0.39, 0.29) is 18.6 Å². The van der Waals surface area contributed by atoms with E-state index in [0.29, 0.717) is 5.69 Å². The van der Waals surface area contributed by atoms with Crippen molar-refractivity contribution in [1.29, 1.82) is 0 Å². The fourth-order valence-electron chi connectivity index (χ4n) is 2.65. The number of aromatic nitrogens is 2. The van der Waals surface area contributed by atoms with E-state index in [1.54, 1.807) is 12.4 Å². The molecule has 1 aromatic heterocycles. The van der Waals surface area contributed by atoms with Gasteiger partial charge in [-0.15, -0.1) is 0 Å². The molecule has 0 spiro atoms. The number of ether oxygens (including phenoxy) is 2. The van der Waals surface area contributed by atoms with Gasteiger partial charge in [0.25, 0.3) is 0 Å². The van der Waals surface area contributed by atoms with E-state index in [9.17, 15) is 4.79 Å². The van der Waals surface area contributed by atoms with Crippen LogP contribution in [-0.2, 0) is 9.53 Å². The average Bonchev–Trinajstić information content (AvgIpc) is 2.55. The summed E-state index contributed by atoms with van der Waals surface area (Å²) in [7, 11) is 1.40. The molecule has 3 rings (SSSR count). The molecule has 0 atom stereocenters. The molecule has 0 amide bonds. The van der Waals surface area contributed by atoms with Crippen LogP contribution in [0.1, 0.15) is 19.3 Å². The van der Waals surface area contributed by atoms with E-state index in [2.05, 4.69) is 9.97 Å². The number of nitrogens with zero attached hydrogens (tertiary/aromatic N) is 2. The fourth-order valence-corrected chi connectivity index (χ4v) is 2.65. The molecular weight excluding hydrogens is 294 g/mol.